The van der Waals surface area contributed by atoms with E-state index in [0.717, 1.165) is 17.7 Å². The molecule has 0 bridgehead atoms. The first-order valence-corrected chi connectivity index (χ1v) is 9.57. The molecule has 0 aliphatic carbocycles. The van der Waals surface area contributed by atoms with Gasteiger partial charge in [-0.15, -0.1) is 11.3 Å². The molecule has 26 heavy (non-hydrogen) atoms. The molecule has 2 saturated heterocycles. The monoisotopic (exact) mass is 378 g/mol. The largest absolute Gasteiger partial charge is 0.356 e. The zero-order chi connectivity index (χ0) is 18.5. The average Bonchev–Trinajstić information content (AvgIpc) is 3.23. The number of hydrogen-bond donors (Lipinski definition) is 3. The van der Waals surface area contributed by atoms with Gasteiger partial charge in [0.1, 0.15) is 6.04 Å². The van der Waals surface area contributed by atoms with Gasteiger partial charge in [0.25, 0.3) is 5.91 Å². The summed E-state index contributed by atoms with van der Waals surface area (Å²) in [6, 6.07) is 2.55. The molecule has 5 amide bonds. The molecule has 0 radical (unpaired) electrons. The normalized spacial score (nSPS) is 20.6. The van der Waals surface area contributed by atoms with E-state index in [-0.39, 0.29) is 18.2 Å². The number of thiophene rings is 1. The molecule has 2 fully saturated rings. The van der Waals surface area contributed by atoms with Gasteiger partial charge in [-0.2, -0.15) is 0 Å². The zero-order valence-electron chi connectivity index (χ0n) is 14.3. The van der Waals surface area contributed by atoms with Crippen LogP contribution in [0.1, 0.15) is 24.1 Å². The maximum atomic E-state index is 12.3. The number of carbonyl (C=O) groups excluding carboxylic acids is 4. The maximum absolute atomic E-state index is 12.3. The fourth-order valence-electron chi connectivity index (χ4n) is 3.18. The third-order valence-electron chi connectivity index (χ3n) is 4.71. The lowest BCUT2D eigenvalue weighted by Crippen LogP contribution is -2.44. The Balaban J connectivity index is 1.36. The molecular weight excluding hydrogens is 356 g/mol. The van der Waals surface area contributed by atoms with Crippen molar-refractivity contribution in [3.63, 3.8) is 0 Å². The highest BCUT2D eigenvalue weighted by Crippen LogP contribution is 2.18. The predicted molar refractivity (Wildman–Crippen MR) is 95.4 cm³/mol. The van der Waals surface area contributed by atoms with E-state index in [2.05, 4.69) is 16.0 Å². The van der Waals surface area contributed by atoms with E-state index >= 15 is 0 Å². The molecule has 2 aliphatic rings. The standard InChI is InChI=1S/C17H22N4O4S/c22-14(8-12-2-1-7-26-12)18-10-11-3-5-21(6-4-11)15(23)9-13-16(24)20-17(25)19-13/h1-2,7,11,13H,3-6,8-10H2,(H,18,22)(H2,19,20,24,25). The van der Waals surface area contributed by atoms with E-state index < -0.39 is 18.0 Å². The first kappa shape index (κ1) is 18.4. The molecule has 3 rings (SSSR count). The summed E-state index contributed by atoms with van der Waals surface area (Å²) in [5.74, 6) is -0.214. The van der Waals surface area contributed by atoms with Gasteiger partial charge < -0.3 is 15.5 Å². The molecule has 2 aliphatic heterocycles. The van der Waals surface area contributed by atoms with Crippen molar-refractivity contribution in [2.45, 2.75) is 31.7 Å². The Morgan fingerprint density at radius 1 is 1.27 bits per heavy atom. The summed E-state index contributed by atoms with van der Waals surface area (Å²) in [5, 5.41) is 9.49. The van der Waals surface area contributed by atoms with Gasteiger partial charge in [-0.05, 0) is 30.2 Å². The van der Waals surface area contributed by atoms with E-state index in [1.165, 1.54) is 0 Å². The quantitative estimate of drug-likeness (QED) is 0.617. The molecular formula is C17H22N4O4S. The number of hydrogen-bond acceptors (Lipinski definition) is 5. The van der Waals surface area contributed by atoms with Gasteiger partial charge in [0, 0.05) is 24.5 Å². The molecule has 1 aromatic heterocycles. The van der Waals surface area contributed by atoms with Gasteiger partial charge in [-0.1, -0.05) is 6.07 Å². The summed E-state index contributed by atoms with van der Waals surface area (Å²) >= 11 is 1.57. The van der Waals surface area contributed by atoms with Crippen molar-refractivity contribution < 1.29 is 19.2 Å². The number of urea groups is 1. The van der Waals surface area contributed by atoms with Crippen molar-refractivity contribution in [2.75, 3.05) is 19.6 Å². The number of piperidine rings is 1. The SMILES string of the molecule is O=C(Cc1cccs1)NCC1CCN(C(=O)CC2NC(=O)NC2=O)CC1. The molecule has 1 atom stereocenters. The van der Waals surface area contributed by atoms with Crippen LogP contribution in [0.4, 0.5) is 4.79 Å². The van der Waals surface area contributed by atoms with Crippen LogP contribution in [0.2, 0.25) is 0 Å². The summed E-state index contributed by atoms with van der Waals surface area (Å²) in [4.78, 5) is 49.6. The van der Waals surface area contributed by atoms with Crippen LogP contribution in [0.15, 0.2) is 17.5 Å². The molecule has 3 heterocycles. The summed E-state index contributed by atoms with van der Waals surface area (Å²) in [5.41, 5.74) is 0. The highest BCUT2D eigenvalue weighted by atomic mass is 32.1. The molecule has 9 heteroatoms. The van der Waals surface area contributed by atoms with Gasteiger partial charge in [0.05, 0.1) is 12.8 Å². The van der Waals surface area contributed by atoms with Crippen LogP contribution in [0, 0.1) is 5.92 Å². The summed E-state index contributed by atoms with van der Waals surface area (Å²) in [6.45, 7) is 1.83. The number of likely N-dealkylation sites (tertiary alicyclic amines) is 1. The Bertz CT molecular complexity index is 683. The van der Waals surface area contributed by atoms with E-state index in [9.17, 15) is 19.2 Å². The Morgan fingerprint density at radius 2 is 2.04 bits per heavy atom. The van der Waals surface area contributed by atoms with E-state index in [0.29, 0.717) is 32.0 Å². The van der Waals surface area contributed by atoms with Crippen LogP contribution < -0.4 is 16.0 Å². The number of amides is 5. The van der Waals surface area contributed by atoms with Gasteiger partial charge in [-0.3, -0.25) is 19.7 Å². The number of imide groups is 1. The predicted octanol–water partition coefficient (Wildman–Crippen LogP) is 0.244. The Hall–Kier alpha value is -2.42. The minimum atomic E-state index is -0.774. The minimum Gasteiger partial charge on any atom is -0.356 e. The van der Waals surface area contributed by atoms with Gasteiger partial charge in [0.15, 0.2) is 0 Å². The Morgan fingerprint density at radius 3 is 2.65 bits per heavy atom. The first-order valence-electron chi connectivity index (χ1n) is 8.69. The third kappa shape index (κ3) is 4.81. The number of nitrogens with zero attached hydrogens (tertiary/aromatic N) is 1. The van der Waals surface area contributed by atoms with Crippen LogP contribution in [0.5, 0.6) is 0 Å². The van der Waals surface area contributed by atoms with Gasteiger partial charge in [-0.25, -0.2) is 4.79 Å². The molecule has 140 valence electrons. The average molecular weight is 378 g/mol. The molecule has 1 aromatic rings. The van der Waals surface area contributed by atoms with Crippen molar-refractivity contribution in [3.05, 3.63) is 22.4 Å². The second kappa shape index (κ2) is 8.31. The molecule has 0 aromatic carbocycles. The molecule has 0 saturated carbocycles. The van der Waals surface area contributed by atoms with Crippen LogP contribution in [0.3, 0.4) is 0 Å². The minimum absolute atomic E-state index is 0.0141. The lowest BCUT2D eigenvalue weighted by atomic mass is 9.96. The van der Waals surface area contributed by atoms with Crippen molar-refractivity contribution in [3.8, 4) is 0 Å². The number of rotatable bonds is 6. The van der Waals surface area contributed by atoms with Crippen molar-refractivity contribution >= 4 is 35.1 Å². The lowest BCUT2D eigenvalue weighted by Gasteiger charge is -2.32. The van der Waals surface area contributed by atoms with Crippen molar-refractivity contribution in [1.82, 2.24) is 20.9 Å². The van der Waals surface area contributed by atoms with Gasteiger partial charge >= 0.3 is 6.03 Å². The molecule has 0 spiro atoms. The highest BCUT2D eigenvalue weighted by Gasteiger charge is 2.33. The summed E-state index contributed by atoms with van der Waals surface area (Å²) < 4.78 is 0. The van der Waals surface area contributed by atoms with E-state index in [1.807, 2.05) is 17.5 Å². The van der Waals surface area contributed by atoms with Crippen molar-refractivity contribution in [1.29, 1.82) is 0 Å². The Kier molecular flexibility index (Phi) is 5.87. The summed E-state index contributed by atoms with van der Waals surface area (Å²) in [6.07, 6.45) is 2.02. The molecule has 8 nitrogen and oxygen atoms in total. The zero-order valence-corrected chi connectivity index (χ0v) is 15.1. The fraction of sp³-hybridized carbons (Fsp3) is 0.529. The Labute approximate surface area is 155 Å². The number of nitrogens with one attached hydrogen (secondary N) is 3. The first-order chi connectivity index (χ1) is 12.5. The topological polar surface area (TPSA) is 108 Å². The second-order valence-corrected chi connectivity index (χ2v) is 7.64. The lowest BCUT2D eigenvalue weighted by molar-refractivity contribution is -0.135. The highest BCUT2D eigenvalue weighted by molar-refractivity contribution is 7.10. The fourth-order valence-corrected chi connectivity index (χ4v) is 3.89. The maximum Gasteiger partial charge on any atom is 0.322 e. The van der Waals surface area contributed by atoms with Crippen LogP contribution in [-0.2, 0) is 20.8 Å². The summed E-state index contributed by atoms with van der Waals surface area (Å²) in [7, 11) is 0. The van der Waals surface area contributed by atoms with Crippen molar-refractivity contribution in [2.24, 2.45) is 5.92 Å². The number of carbonyl (C=O) groups is 4. The van der Waals surface area contributed by atoms with E-state index in [4.69, 9.17) is 0 Å². The third-order valence-corrected chi connectivity index (χ3v) is 5.58. The second-order valence-electron chi connectivity index (χ2n) is 6.60. The molecule has 3 N–H and O–H groups in total. The van der Waals surface area contributed by atoms with Crippen LogP contribution >= 0.6 is 11.3 Å². The smallest absolute Gasteiger partial charge is 0.322 e. The molecule has 1 unspecified atom stereocenters. The van der Waals surface area contributed by atoms with Crippen LogP contribution in [-0.4, -0.2) is 54.3 Å². The van der Waals surface area contributed by atoms with Crippen LogP contribution in [0.25, 0.3) is 0 Å². The van der Waals surface area contributed by atoms with E-state index in [1.54, 1.807) is 16.2 Å². The van der Waals surface area contributed by atoms with Gasteiger partial charge in [0.2, 0.25) is 11.8 Å².